The van der Waals surface area contributed by atoms with Gasteiger partial charge in [-0.1, -0.05) is 11.6 Å². The van der Waals surface area contributed by atoms with Crippen LogP contribution in [-0.2, 0) is 9.84 Å². The van der Waals surface area contributed by atoms with Gasteiger partial charge in [-0.3, -0.25) is 0 Å². The van der Waals surface area contributed by atoms with Crippen molar-refractivity contribution in [3.63, 3.8) is 0 Å². The maximum Gasteiger partial charge on any atom is 0.191 e. The first kappa shape index (κ1) is 15.8. The summed E-state index contributed by atoms with van der Waals surface area (Å²) in [5.41, 5.74) is 0.673. The fourth-order valence-electron chi connectivity index (χ4n) is 2.28. The summed E-state index contributed by atoms with van der Waals surface area (Å²) in [4.78, 5) is 8.56. The number of halogens is 1. The van der Waals surface area contributed by atoms with Crippen LogP contribution >= 0.6 is 11.6 Å². The summed E-state index contributed by atoms with van der Waals surface area (Å²) in [7, 11) is -2.01. The molecule has 0 radical (unpaired) electrons. The highest BCUT2D eigenvalue weighted by atomic mass is 35.5. The van der Waals surface area contributed by atoms with Crippen LogP contribution in [0.15, 0.2) is 33.7 Å². The van der Waals surface area contributed by atoms with Crippen molar-refractivity contribution in [2.75, 3.05) is 13.4 Å². The lowest BCUT2D eigenvalue weighted by Crippen LogP contribution is -2.01. The van der Waals surface area contributed by atoms with E-state index in [9.17, 15) is 8.42 Å². The molecule has 0 aliphatic carbocycles. The third-order valence-electron chi connectivity index (χ3n) is 3.34. The van der Waals surface area contributed by atoms with Crippen LogP contribution in [0.5, 0.6) is 5.75 Å². The summed E-state index contributed by atoms with van der Waals surface area (Å²) in [6.07, 6.45) is 2.62. The molecular formula is C15H13ClN2O4S. The van der Waals surface area contributed by atoms with Gasteiger partial charge in [0.2, 0.25) is 0 Å². The van der Waals surface area contributed by atoms with Crippen molar-refractivity contribution in [3.05, 3.63) is 35.3 Å². The fourth-order valence-corrected chi connectivity index (χ4v) is 3.45. The van der Waals surface area contributed by atoms with Crippen LogP contribution in [0.25, 0.3) is 22.4 Å². The smallest absolute Gasteiger partial charge is 0.191 e. The van der Waals surface area contributed by atoms with E-state index in [1.165, 1.54) is 19.4 Å². The largest absolute Gasteiger partial charge is 0.495 e. The van der Waals surface area contributed by atoms with E-state index in [4.69, 9.17) is 20.8 Å². The second-order valence-corrected chi connectivity index (χ2v) is 7.36. The molecule has 23 heavy (non-hydrogen) atoms. The van der Waals surface area contributed by atoms with E-state index < -0.39 is 9.84 Å². The number of methoxy groups -OCH3 is 1. The summed E-state index contributed by atoms with van der Waals surface area (Å²) < 4.78 is 34.9. The van der Waals surface area contributed by atoms with Gasteiger partial charge >= 0.3 is 0 Å². The van der Waals surface area contributed by atoms with Crippen molar-refractivity contribution in [2.24, 2.45) is 0 Å². The molecule has 6 nitrogen and oxygen atoms in total. The van der Waals surface area contributed by atoms with Gasteiger partial charge in [0.1, 0.15) is 16.5 Å². The Hall–Kier alpha value is -2.12. The summed E-state index contributed by atoms with van der Waals surface area (Å²) in [6, 6.07) is 4.69. The van der Waals surface area contributed by atoms with Crippen molar-refractivity contribution in [1.82, 2.24) is 9.97 Å². The average molecular weight is 353 g/mol. The first-order valence-electron chi connectivity index (χ1n) is 6.61. The molecule has 3 aromatic rings. The maximum atomic E-state index is 12.2. The number of rotatable bonds is 3. The topological polar surface area (TPSA) is 82.3 Å². The summed E-state index contributed by atoms with van der Waals surface area (Å²) in [5, 5.41) is 0.672. The van der Waals surface area contributed by atoms with Crippen LogP contribution in [0.2, 0.25) is 5.02 Å². The lowest BCUT2D eigenvalue weighted by atomic mass is 10.1. The summed E-state index contributed by atoms with van der Waals surface area (Å²) >= 11 is 6.30. The Labute approximate surface area is 138 Å². The first-order valence-corrected chi connectivity index (χ1v) is 8.88. The molecule has 0 fully saturated rings. The second kappa shape index (κ2) is 5.50. The molecule has 2 heterocycles. The molecule has 2 aromatic heterocycles. The molecule has 0 amide bonds. The molecule has 0 spiro atoms. The fraction of sp³-hybridized carbons (Fsp3) is 0.200. The first-order chi connectivity index (χ1) is 10.8. The molecule has 1 aromatic carbocycles. The molecule has 0 atom stereocenters. The van der Waals surface area contributed by atoms with E-state index in [0.29, 0.717) is 34.0 Å². The minimum atomic E-state index is -3.49. The number of benzene rings is 1. The van der Waals surface area contributed by atoms with Gasteiger partial charge in [0.15, 0.2) is 21.5 Å². The van der Waals surface area contributed by atoms with Crippen molar-refractivity contribution < 1.29 is 17.6 Å². The molecule has 0 aliphatic rings. The third-order valence-corrected chi connectivity index (χ3v) is 4.84. The van der Waals surface area contributed by atoms with Gasteiger partial charge in [-0.15, -0.1) is 0 Å². The standard InChI is InChI=1S/C15H13ClN2O4S/c1-8-17-7-12(22-8)10-6-13(23(3,19)20)9-4-5-11(21-2)14(16)15(9)18-10/h4-7H,1-3H3. The number of nitrogens with zero attached hydrogens (tertiary/aromatic N) is 2. The van der Waals surface area contributed by atoms with Crippen LogP contribution in [0.3, 0.4) is 0 Å². The van der Waals surface area contributed by atoms with Gasteiger partial charge in [0.25, 0.3) is 0 Å². The predicted octanol–water partition coefficient (Wildman–Crippen LogP) is 3.26. The Morgan fingerprint density at radius 1 is 1.30 bits per heavy atom. The zero-order valence-electron chi connectivity index (χ0n) is 12.6. The third kappa shape index (κ3) is 2.77. The maximum absolute atomic E-state index is 12.2. The predicted molar refractivity (Wildman–Crippen MR) is 86.6 cm³/mol. The molecule has 8 heteroatoms. The number of sulfone groups is 1. The number of hydrogen-bond donors (Lipinski definition) is 0. The highest BCUT2D eigenvalue weighted by Gasteiger charge is 2.20. The lowest BCUT2D eigenvalue weighted by Gasteiger charge is -2.10. The van der Waals surface area contributed by atoms with Gasteiger partial charge < -0.3 is 9.15 Å². The van der Waals surface area contributed by atoms with Crippen molar-refractivity contribution >= 4 is 32.3 Å². The number of fused-ring (bicyclic) bond motifs is 1. The second-order valence-electron chi connectivity index (χ2n) is 5.00. The van der Waals surface area contributed by atoms with Crippen LogP contribution in [0, 0.1) is 6.92 Å². The normalized spacial score (nSPS) is 11.8. The van der Waals surface area contributed by atoms with Gasteiger partial charge in [-0.05, 0) is 18.2 Å². The van der Waals surface area contributed by atoms with Gasteiger partial charge in [0, 0.05) is 18.6 Å². The van der Waals surface area contributed by atoms with Crippen LogP contribution in [0.1, 0.15) is 5.89 Å². The Morgan fingerprint density at radius 2 is 2.04 bits per heavy atom. The van der Waals surface area contributed by atoms with Gasteiger partial charge in [0.05, 0.1) is 23.7 Å². The van der Waals surface area contributed by atoms with Gasteiger partial charge in [-0.2, -0.15) is 0 Å². The van der Waals surface area contributed by atoms with Crippen molar-refractivity contribution in [1.29, 1.82) is 0 Å². The zero-order chi connectivity index (χ0) is 16.8. The highest BCUT2D eigenvalue weighted by Crippen LogP contribution is 2.36. The molecule has 0 unspecified atom stereocenters. The van der Waals surface area contributed by atoms with Gasteiger partial charge in [-0.25, -0.2) is 18.4 Å². The Bertz CT molecular complexity index is 1010. The van der Waals surface area contributed by atoms with Crippen molar-refractivity contribution in [2.45, 2.75) is 11.8 Å². The number of hydrogen-bond acceptors (Lipinski definition) is 6. The minimum Gasteiger partial charge on any atom is -0.495 e. The number of ether oxygens (including phenoxy) is 1. The van der Waals surface area contributed by atoms with E-state index in [1.807, 2.05) is 0 Å². The monoisotopic (exact) mass is 352 g/mol. The highest BCUT2D eigenvalue weighted by molar-refractivity contribution is 7.91. The van der Waals surface area contributed by atoms with E-state index in [-0.39, 0.29) is 9.92 Å². The Balaban J connectivity index is 2.42. The van der Waals surface area contributed by atoms with Crippen LogP contribution in [0.4, 0.5) is 0 Å². The van der Waals surface area contributed by atoms with Crippen molar-refractivity contribution in [3.8, 4) is 17.2 Å². The average Bonchev–Trinajstić information content (AvgIpc) is 2.92. The quantitative estimate of drug-likeness (QED) is 0.719. The Morgan fingerprint density at radius 3 is 2.61 bits per heavy atom. The summed E-state index contributed by atoms with van der Waals surface area (Å²) in [6.45, 7) is 1.69. The number of aryl methyl sites for hydroxylation is 1. The summed E-state index contributed by atoms with van der Waals surface area (Å²) in [5.74, 6) is 1.24. The van der Waals surface area contributed by atoms with E-state index >= 15 is 0 Å². The molecular weight excluding hydrogens is 340 g/mol. The minimum absolute atomic E-state index is 0.121. The van der Waals surface area contributed by atoms with E-state index in [0.717, 1.165) is 6.26 Å². The van der Waals surface area contributed by atoms with E-state index in [1.54, 1.807) is 19.1 Å². The molecule has 0 saturated heterocycles. The molecule has 0 N–H and O–H groups in total. The van der Waals surface area contributed by atoms with Crippen LogP contribution in [-0.4, -0.2) is 31.8 Å². The SMILES string of the molecule is COc1ccc2c(S(C)(=O)=O)cc(-c3cnc(C)o3)nc2c1Cl. The number of oxazole rings is 1. The molecule has 0 saturated carbocycles. The molecule has 0 aliphatic heterocycles. The number of aromatic nitrogens is 2. The lowest BCUT2D eigenvalue weighted by molar-refractivity contribution is 0.415. The molecule has 0 bridgehead atoms. The van der Waals surface area contributed by atoms with E-state index in [2.05, 4.69) is 9.97 Å². The molecule has 3 rings (SSSR count). The zero-order valence-corrected chi connectivity index (χ0v) is 14.2. The van der Waals surface area contributed by atoms with Crippen LogP contribution < -0.4 is 4.74 Å². The molecule has 120 valence electrons. The Kier molecular flexibility index (Phi) is 3.77. The number of pyridine rings is 1.